The van der Waals surface area contributed by atoms with E-state index in [1.165, 1.54) is 12.1 Å². The predicted molar refractivity (Wildman–Crippen MR) is 106 cm³/mol. The second-order valence-electron chi connectivity index (χ2n) is 8.13. The Bertz CT molecular complexity index is 880. The molecule has 1 aliphatic rings. The lowest BCUT2D eigenvalue weighted by molar-refractivity contribution is -0.203. The molecule has 3 rings (SSSR count). The van der Waals surface area contributed by atoms with Crippen LogP contribution in [0.2, 0.25) is 0 Å². The molecule has 7 heteroatoms. The van der Waals surface area contributed by atoms with E-state index < -0.39 is 23.7 Å². The zero-order valence-electron chi connectivity index (χ0n) is 17.0. The zero-order chi connectivity index (χ0) is 21.2. The largest absolute Gasteiger partial charge is 0.493 e. The maximum absolute atomic E-state index is 14.1. The van der Waals surface area contributed by atoms with Crippen molar-refractivity contribution in [3.05, 3.63) is 42.0 Å². The first kappa shape index (κ1) is 21.4. The van der Waals surface area contributed by atoms with Crippen molar-refractivity contribution < 1.29 is 22.7 Å². The third kappa shape index (κ3) is 4.66. The number of hydrogen-bond acceptors (Lipinski definition) is 3. The molecule has 2 aromatic carbocycles. The van der Waals surface area contributed by atoms with E-state index in [9.17, 15) is 18.0 Å². The fourth-order valence-electron chi connectivity index (χ4n) is 3.79. The highest BCUT2D eigenvalue weighted by molar-refractivity contribution is 5.89. The van der Waals surface area contributed by atoms with Gasteiger partial charge >= 0.3 is 6.18 Å². The molecule has 1 aliphatic heterocycles. The molecule has 4 nitrogen and oxygen atoms in total. The lowest BCUT2D eigenvalue weighted by atomic mass is 9.95. The molecule has 1 saturated heterocycles. The first-order chi connectivity index (χ1) is 13.6. The maximum Gasteiger partial charge on any atom is 0.409 e. The van der Waals surface area contributed by atoms with Crippen LogP contribution in [-0.2, 0) is 4.79 Å². The molecule has 1 heterocycles. The smallest absolute Gasteiger partial charge is 0.409 e. The van der Waals surface area contributed by atoms with E-state index in [-0.39, 0.29) is 12.0 Å². The van der Waals surface area contributed by atoms with Gasteiger partial charge in [0.05, 0.1) is 6.61 Å². The summed E-state index contributed by atoms with van der Waals surface area (Å²) >= 11 is 0. The van der Waals surface area contributed by atoms with Gasteiger partial charge in [0, 0.05) is 17.3 Å². The number of ether oxygens (including phenoxy) is 1. The van der Waals surface area contributed by atoms with Crippen LogP contribution in [0.5, 0.6) is 5.75 Å². The Morgan fingerprint density at radius 2 is 1.97 bits per heavy atom. The molecule has 0 spiro atoms. The van der Waals surface area contributed by atoms with Gasteiger partial charge in [-0.3, -0.25) is 10.2 Å². The van der Waals surface area contributed by atoms with Gasteiger partial charge in [-0.15, -0.1) is 0 Å². The number of alkyl halides is 3. The van der Waals surface area contributed by atoms with Crippen molar-refractivity contribution in [2.45, 2.75) is 64.2 Å². The van der Waals surface area contributed by atoms with Crippen LogP contribution in [0.25, 0.3) is 10.8 Å². The summed E-state index contributed by atoms with van der Waals surface area (Å²) in [6, 6.07) is 8.20. The van der Waals surface area contributed by atoms with Gasteiger partial charge in [-0.2, -0.15) is 18.2 Å². The van der Waals surface area contributed by atoms with Crippen molar-refractivity contribution in [1.29, 1.82) is 0 Å². The fourth-order valence-corrected chi connectivity index (χ4v) is 3.79. The number of carbonyl (C=O) groups is 1. The van der Waals surface area contributed by atoms with E-state index >= 15 is 0 Å². The molecule has 1 unspecified atom stereocenters. The van der Waals surface area contributed by atoms with Crippen LogP contribution in [0, 0.1) is 0 Å². The number of unbranched alkanes of at least 4 members (excludes halogenated alkanes) is 2. The van der Waals surface area contributed by atoms with Crippen LogP contribution in [-0.4, -0.2) is 29.2 Å². The number of nitrogens with zero attached hydrogens (tertiary/aromatic N) is 1. The van der Waals surface area contributed by atoms with Crippen LogP contribution in [0.1, 0.15) is 58.1 Å². The van der Waals surface area contributed by atoms with Gasteiger partial charge in [-0.05, 0) is 43.4 Å². The van der Waals surface area contributed by atoms with E-state index in [0.717, 1.165) is 29.7 Å². The van der Waals surface area contributed by atoms with E-state index in [0.29, 0.717) is 17.7 Å². The normalized spacial score (nSPS) is 18.1. The van der Waals surface area contributed by atoms with E-state index in [1.54, 1.807) is 26.0 Å². The van der Waals surface area contributed by atoms with Crippen molar-refractivity contribution in [2.75, 3.05) is 6.61 Å². The third-order valence-corrected chi connectivity index (χ3v) is 5.25. The van der Waals surface area contributed by atoms with E-state index in [4.69, 9.17) is 4.74 Å². The molecule has 0 saturated carbocycles. The van der Waals surface area contributed by atoms with Crippen LogP contribution < -0.4 is 10.2 Å². The predicted octanol–water partition coefficient (Wildman–Crippen LogP) is 5.53. The Morgan fingerprint density at radius 3 is 2.59 bits per heavy atom. The molecule has 2 aromatic rings. The first-order valence-corrected chi connectivity index (χ1v) is 9.94. The quantitative estimate of drug-likeness (QED) is 0.613. The molecule has 1 fully saturated rings. The Kier molecular flexibility index (Phi) is 6.08. The molecule has 1 amide bonds. The lowest BCUT2D eigenvalue weighted by Crippen LogP contribution is -2.51. The highest BCUT2D eigenvalue weighted by Gasteiger charge is 2.53. The number of fused-ring (bicyclic) bond motifs is 1. The average molecular weight is 408 g/mol. The second kappa shape index (κ2) is 8.22. The summed E-state index contributed by atoms with van der Waals surface area (Å²) in [4.78, 5) is 11.8. The monoisotopic (exact) mass is 408 g/mol. The van der Waals surface area contributed by atoms with E-state index in [1.807, 2.05) is 12.1 Å². The number of nitrogens with one attached hydrogen (secondary N) is 1. The molecule has 0 aliphatic carbocycles. The molecular weight excluding hydrogens is 381 g/mol. The fraction of sp³-hybridized carbons (Fsp3) is 0.500. The summed E-state index contributed by atoms with van der Waals surface area (Å²) in [5.41, 5.74) is 1.52. The molecule has 1 atom stereocenters. The number of carbonyl (C=O) groups excluding carboxylic acids is 1. The van der Waals surface area contributed by atoms with Crippen LogP contribution in [0.15, 0.2) is 36.4 Å². The van der Waals surface area contributed by atoms with Crippen LogP contribution in [0.3, 0.4) is 0 Å². The number of hydrogen-bond donors (Lipinski definition) is 1. The summed E-state index contributed by atoms with van der Waals surface area (Å²) in [5, 5.41) is 2.48. The highest BCUT2D eigenvalue weighted by atomic mass is 19.4. The third-order valence-electron chi connectivity index (χ3n) is 5.25. The van der Waals surface area contributed by atoms with Crippen LogP contribution in [0.4, 0.5) is 13.2 Å². The molecule has 29 heavy (non-hydrogen) atoms. The van der Waals surface area contributed by atoms with Gasteiger partial charge in [0.15, 0.2) is 6.04 Å². The Hall–Kier alpha value is -2.28. The number of benzene rings is 2. The summed E-state index contributed by atoms with van der Waals surface area (Å²) < 4.78 is 48.1. The van der Waals surface area contributed by atoms with Crippen molar-refractivity contribution in [2.24, 2.45) is 0 Å². The summed E-state index contributed by atoms with van der Waals surface area (Å²) in [6.45, 7) is 5.88. The van der Waals surface area contributed by atoms with Crippen molar-refractivity contribution in [3.63, 3.8) is 0 Å². The Labute approximate surface area is 169 Å². The highest BCUT2D eigenvalue weighted by Crippen LogP contribution is 2.43. The molecule has 0 bridgehead atoms. The lowest BCUT2D eigenvalue weighted by Gasteiger charge is -2.38. The average Bonchev–Trinajstić information content (AvgIpc) is 2.89. The number of halogens is 3. The molecule has 0 aromatic heterocycles. The van der Waals surface area contributed by atoms with Gasteiger partial charge in [0.25, 0.3) is 0 Å². The standard InChI is InChI=1S/C22H27F3N2O2/c1-4-5-6-12-29-18-9-7-8-15-10-11-16(13-17(15)18)20(22(23,24)25)27-21(2,3)14-19(28)26-27/h7-11,13,20H,4-6,12,14H2,1-3H3,(H,26,28). The summed E-state index contributed by atoms with van der Waals surface area (Å²) in [5.74, 6) is 0.163. The minimum Gasteiger partial charge on any atom is -0.493 e. The topological polar surface area (TPSA) is 41.6 Å². The number of amides is 1. The molecule has 158 valence electrons. The maximum atomic E-state index is 14.1. The van der Waals surface area contributed by atoms with Gasteiger partial charge in [-0.25, -0.2) is 0 Å². The van der Waals surface area contributed by atoms with Crippen molar-refractivity contribution >= 4 is 16.7 Å². The van der Waals surface area contributed by atoms with Gasteiger partial charge in [-0.1, -0.05) is 44.0 Å². The van der Waals surface area contributed by atoms with Crippen LogP contribution >= 0.6 is 0 Å². The van der Waals surface area contributed by atoms with Gasteiger partial charge < -0.3 is 4.74 Å². The summed E-state index contributed by atoms with van der Waals surface area (Å²) in [6.07, 6.45) is -1.55. The van der Waals surface area contributed by atoms with Crippen molar-refractivity contribution in [3.8, 4) is 5.75 Å². The van der Waals surface area contributed by atoms with Crippen molar-refractivity contribution in [1.82, 2.24) is 10.4 Å². The van der Waals surface area contributed by atoms with Gasteiger partial charge in [0.2, 0.25) is 5.91 Å². The van der Waals surface area contributed by atoms with Gasteiger partial charge in [0.1, 0.15) is 5.75 Å². The summed E-state index contributed by atoms with van der Waals surface area (Å²) in [7, 11) is 0. The number of hydrazine groups is 1. The first-order valence-electron chi connectivity index (χ1n) is 9.94. The second-order valence-corrected chi connectivity index (χ2v) is 8.13. The molecule has 0 radical (unpaired) electrons. The Morgan fingerprint density at radius 1 is 1.21 bits per heavy atom. The zero-order valence-corrected chi connectivity index (χ0v) is 17.0. The van der Waals surface area contributed by atoms with E-state index in [2.05, 4.69) is 12.3 Å². The SMILES string of the molecule is CCCCCOc1cccc2ccc(C(N3NC(=O)CC3(C)C)C(F)(F)F)cc12. The minimum absolute atomic E-state index is 0.0128. The Balaban J connectivity index is 2.00. The molecule has 1 N–H and O–H groups in total. The molecular formula is C22H27F3N2O2. The number of rotatable bonds is 7. The minimum atomic E-state index is -4.56.